The van der Waals surface area contributed by atoms with Gasteiger partial charge in [-0.15, -0.1) is 0 Å². The quantitative estimate of drug-likeness (QED) is 0.780. The summed E-state index contributed by atoms with van der Waals surface area (Å²) in [6, 6.07) is -0.524. The van der Waals surface area contributed by atoms with Crippen LogP contribution in [0.15, 0.2) is 0 Å². The predicted octanol–water partition coefficient (Wildman–Crippen LogP) is 3.08. The molecule has 1 atom stereocenters. The van der Waals surface area contributed by atoms with Gasteiger partial charge in [-0.05, 0) is 64.2 Å². The molecule has 19 heavy (non-hydrogen) atoms. The second-order valence-electron chi connectivity index (χ2n) is 6.91. The van der Waals surface area contributed by atoms with Crippen LogP contribution in [0, 0.1) is 11.8 Å². The number of likely N-dealkylation sites (tertiary alicyclic amines) is 2. The van der Waals surface area contributed by atoms with Crippen LogP contribution >= 0.6 is 0 Å². The average Bonchev–Trinajstić information content (AvgIpc) is 2.28. The van der Waals surface area contributed by atoms with Crippen molar-refractivity contribution in [2.45, 2.75) is 51.5 Å². The zero-order chi connectivity index (χ0) is 14.0. The summed E-state index contributed by atoms with van der Waals surface area (Å²) in [5.41, 5.74) is 0. The largest absolute Gasteiger partial charge is 0.300 e. The van der Waals surface area contributed by atoms with Crippen LogP contribution in [-0.2, 0) is 0 Å². The molecule has 0 bridgehead atoms. The van der Waals surface area contributed by atoms with E-state index in [1.165, 1.54) is 6.42 Å². The van der Waals surface area contributed by atoms with Crippen LogP contribution in [0.2, 0.25) is 0 Å². The molecule has 2 rings (SSSR count). The fourth-order valence-corrected chi connectivity index (χ4v) is 3.71. The maximum absolute atomic E-state index is 14.1. The van der Waals surface area contributed by atoms with Gasteiger partial charge in [0, 0.05) is 0 Å². The average molecular weight is 274 g/mol. The van der Waals surface area contributed by atoms with Crippen molar-refractivity contribution < 1.29 is 8.78 Å². The Bertz CT molecular complexity index is 286. The fraction of sp³-hybridized carbons (Fsp3) is 1.00. The van der Waals surface area contributed by atoms with Crippen LogP contribution in [0.1, 0.15) is 39.5 Å². The molecule has 112 valence electrons. The van der Waals surface area contributed by atoms with Crippen molar-refractivity contribution in [3.63, 3.8) is 0 Å². The number of nitrogens with zero attached hydrogens (tertiary/aromatic N) is 2. The SMILES string of the molecule is CC(C)CC1CCN(C2CCN(C)CC2(F)F)CC1. The third-order valence-electron chi connectivity index (χ3n) is 4.65. The maximum atomic E-state index is 14.1. The molecular weight excluding hydrogens is 246 g/mol. The van der Waals surface area contributed by atoms with Crippen molar-refractivity contribution in [2.24, 2.45) is 11.8 Å². The van der Waals surface area contributed by atoms with Gasteiger partial charge in [0.05, 0.1) is 12.6 Å². The van der Waals surface area contributed by atoms with E-state index in [1.54, 1.807) is 11.9 Å². The first-order valence-corrected chi connectivity index (χ1v) is 7.69. The number of halogens is 2. The molecule has 2 fully saturated rings. The summed E-state index contributed by atoms with van der Waals surface area (Å²) in [7, 11) is 1.79. The van der Waals surface area contributed by atoms with Gasteiger partial charge in [0.2, 0.25) is 0 Å². The van der Waals surface area contributed by atoms with Gasteiger partial charge in [-0.2, -0.15) is 0 Å². The Labute approximate surface area is 116 Å². The molecule has 2 heterocycles. The van der Waals surface area contributed by atoms with Crippen LogP contribution < -0.4 is 0 Å². The van der Waals surface area contributed by atoms with Crippen LogP contribution in [0.3, 0.4) is 0 Å². The van der Waals surface area contributed by atoms with Gasteiger partial charge >= 0.3 is 0 Å². The molecule has 0 aromatic carbocycles. The van der Waals surface area contributed by atoms with Crippen LogP contribution in [-0.4, -0.2) is 55.0 Å². The van der Waals surface area contributed by atoms with Gasteiger partial charge in [0.1, 0.15) is 0 Å². The molecule has 0 saturated carbocycles. The molecule has 0 aromatic heterocycles. The number of hydrogen-bond donors (Lipinski definition) is 0. The lowest BCUT2D eigenvalue weighted by molar-refractivity contribution is -0.128. The molecule has 1 unspecified atom stereocenters. The normalized spacial score (nSPS) is 30.9. The molecule has 2 aliphatic rings. The lowest BCUT2D eigenvalue weighted by Gasteiger charge is -2.45. The molecule has 0 spiro atoms. The zero-order valence-electron chi connectivity index (χ0n) is 12.5. The molecule has 2 aliphatic heterocycles. The third kappa shape index (κ3) is 3.88. The van der Waals surface area contributed by atoms with Gasteiger partial charge < -0.3 is 4.90 Å². The second-order valence-corrected chi connectivity index (χ2v) is 6.91. The topological polar surface area (TPSA) is 6.48 Å². The Kier molecular flexibility index (Phi) is 4.83. The van der Waals surface area contributed by atoms with Crippen molar-refractivity contribution >= 4 is 0 Å². The van der Waals surface area contributed by atoms with E-state index in [-0.39, 0.29) is 6.54 Å². The van der Waals surface area contributed by atoms with Crippen molar-refractivity contribution in [3.8, 4) is 0 Å². The fourth-order valence-electron chi connectivity index (χ4n) is 3.71. The summed E-state index contributed by atoms with van der Waals surface area (Å²) >= 11 is 0. The first kappa shape index (κ1) is 15.2. The molecule has 2 saturated heterocycles. The van der Waals surface area contributed by atoms with E-state index in [2.05, 4.69) is 18.7 Å². The van der Waals surface area contributed by atoms with E-state index in [4.69, 9.17) is 0 Å². The van der Waals surface area contributed by atoms with Gasteiger partial charge in [-0.25, -0.2) is 8.78 Å². The van der Waals surface area contributed by atoms with Crippen molar-refractivity contribution in [1.29, 1.82) is 0 Å². The molecule has 0 aliphatic carbocycles. The summed E-state index contributed by atoms with van der Waals surface area (Å²) in [4.78, 5) is 3.81. The molecule has 0 aromatic rings. The maximum Gasteiger partial charge on any atom is 0.275 e. The molecular formula is C15H28F2N2. The minimum Gasteiger partial charge on any atom is -0.300 e. The smallest absolute Gasteiger partial charge is 0.275 e. The number of piperidine rings is 2. The summed E-state index contributed by atoms with van der Waals surface area (Å²) in [6.07, 6.45) is 4.05. The Morgan fingerprint density at radius 1 is 1.11 bits per heavy atom. The number of hydrogen-bond acceptors (Lipinski definition) is 2. The Morgan fingerprint density at radius 2 is 1.74 bits per heavy atom. The lowest BCUT2D eigenvalue weighted by Crippen LogP contribution is -2.58. The number of rotatable bonds is 3. The molecule has 0 amide bonds. The number of alkyl halides is 2. The van der Waals surface area contributed by atoms with Crippen molar-refractivity contribution in [3.05, 3.63) is 0 Å². The van der Waals surface area contributed by atoms with E-state index in [9.17, 15) is 8.78 Å². The first-order chi connectivity index (χ1) is 8.88. The van der Waals surface area contributed by atoms with Crippen molar-refractivity contribution in [1.82, 2.24) is 9.80 Å². The Hall–Kier alpha value is -0.220. The minimum absolute atomic E-state index is 0.0798. The monoisotopic (exact) mass is 274 g/mol. The second kappa shape index (κ2) is 6.04. The van der Waals surface area contributed by atoms with E-state index < -0.39 is 12.0 Å². The minimum atomic E-state index is -2.54. The summed E-state index contributed by atoms with van der Waals surface area (Å²) < 4.78 is 28.3. The van der Waals surface area contributed by atoms with E-state index in [0.29, 0.717) is 6.42 Å². The third-order valence-corrected chi connectivity index (χ3v) is 4.65. The van der Waals surface area contributed by atoms with E-state index in [0.717, 1.165) is 44.3 Å². The van der Waals surface area contributed by atoms with Gasteiger partial charge in [-0.1, -0.05) is 13.8 Å². The highest BCUT2D eigenvalue weighted by atomic mass is 19.3. The highest BCUT2D eigenvalue weighted by Crippen LogP contribution is 2.34. The lowest BCUT2D eigenvalue weighted by atomic mass is 9.87. The summed E-state index contributed by atoms with van der Waals surface area (Å²) in [5, 5.41) is 0. The van der Waals surface area contributed by atoms with E-state index in [1.807, 2.05) is 0 Å². The standard InChI is InChI=1S/C15H28F2N2/c1-12(2)10-13-4-8-19(9-5-13)14-6-7-18(3)11-15(14,16)17/h12-14H,4-11H2,1-3H3. The highest BCUT2D eigenvalue weighted by molar-refractivity contribution is 4.93. The predicted molar refractivity (Wildman–Crippen MR) is 74.6 cm³/mol. The van der Waals surface area contributed by atoms with Crippen LogP contribution in [0.4, 0.5) is 8.78 Å². The summed E-state index contributed by atoms with van der Waals surface area (Å²) in [6.45, 7) is 6.94. The zero-order valence-corrected chi connectivity index (χ0v) is 12.5. The highest BCUT2D eigenvalue weighted by Gasteiger charge is 2.46. The van der Waals surface area contributed by atoms with Crippen molar-refractivity contribution in [2.75, 3.05) is 33.2 Å². The van der Waals surface area contributed by atoms with Gasteiger partial charge in [-0.3, -0.25) is 4.90 Å². The van der Waals surface area contributed by atoms with Gasteiger partial charge in [0.15, 0.2) is 0 Å². The van der Waals surface area contributed by atoms with Crippen LogP contribution in [0.5, 0.6) is 0 Å². The molecule has 2 nitrogen and oxygen atoms in total. The summed E-state index contributed by atoms with van der Waals surface area (Å²) in [5.74, 6) is -1.07. The van der Waals surface area contributed by atoms with E-state index >= 15 is 0 Å². The molecule has 0 N–H and O–H groups in total. The molecule has 4 heteroatoms. The Balaban J connectivity index is 1.87. The first-order valence-electron chi connectivity index (χ1n) is 7.69. The van der Waals surface area contributed by atoms with Crippen LogP contribution in [0.25, 0.3) is 0 Å². The van der Waals surface area contributed by atoms with Gasteiger partial charge in [0.25, 0.3) is 5.92 Å². The molecule has 0 radical (unpaired) electrons. The Morgan fingerprint density at radius 3 is 2.26 bits per heavy atom.